The third-order valence-electron chi connectivity index (χ3n) is 5.27. The van der Waals surface area contributed by atoms with Crippen LogP contribution in [0.5, 0.6) is 0 Å². The van der Waals surface area contributed by atoms with Crippen molar-refractivity contribution in [3.63, 3.8) is 0 Å². The molecule has 0 radical (unpaired) electrons. The molecular formula is C22H22N6. The summed E-state index contributed by atoms with van der Waals surface area (Å²) in [6.07, 6.45) is 3.78. The zero-order valence-corrected chi connectivity index (χ0v) is 15.8. The number of H-pyrrole nitrogens is 1. The average Bonchev–Trinajstić information content (AvgIpc) is 3.23. The van der Waals surface area contributed by atoms with Gasteiger partial charge in [0.1, 0.15) is 0 Å². The van der Waals surface area contributed by atoms with Crippen LogP contribution in [0.2, 0.25) is 0 Å². The van der Waals surface area contributed by atoms with Crippen molar-refractivity contribution in [2.45, 2.75) is 6.92 Å². The Hall–Kier alpha value is -3.25. The molecule has 5 rings (SSSR count). The molecular weight excluding hydrogens is 348 g/mol. The third-order valence-corrected chi connectivity index (χ3v) is 5.27. The number of aryl methyl sites for hydroxylation is 1. The predicted molar refractivity (Wildman–Crippen MR) is 112 cm³/mol. The second kappa shape index (κ2) is 7.05. The first-order chi connectivity index (χ1) is 13.8. The van der Waals surface area contributed by atoms with E-state index in [0.29, 0.717) is 0 Å². The lowest BCUT2D eigenvalue weighted by atomic mass is 10.0. The van der Waals surface area contributed by atoms with Gasteiger partial charge in [0.25, 0.3) is 0 Å². The van der Waals surface area contributed by atoms with Crippen LogP contribution in [-0.4, -0.2) is 46.3 Å². The fraction of sp³-hybridized carbons (Fsp3) is 0.227. The van der Waals surface area contributed by atoms with Crippen molar-refractivity contribution < 1.29 is 0 Å². The molecule has 4 heterocycles. The largest absolute Gasteiger partial charge is 0.368 e. The number of piperazine rings is 1. The Morgan fingerprint density at radius 3 is 2.79 bits per heavy atom. The molecule has 1 aliphatic rings. The Morgan fingerprint density at radius 1 is 1.04 bits per heavy atom. The van der Waals surface area contributed by atoms with E-state index in [-0.39, 0.29) is 0 Å². The van der Waals surface area contributed by atoms with Crippen LogP contribution in [-0.2, 0) is 0 Å². The molecule has 1 fully saturated rings. The molecule has 0 saturated carbocycles. The van der Waals surface area contributed by atoms with E-state index in [1.54, 1.807) is 0 Å². The van der Waals surface area contributed by atoms with Crippen molar-refractivity contribution in [1.82, 2.24) is 25.5 Å². The van der Waals surface area contributed by atoms with Gasteiger partial charge in [-0.2, -0.15) is 5.10 Å². The number of benzene rings is 1. The number of rotatable bonds is 3. The van der Waals surface area contributed by atoms with E-state index in [1.807, 2.05) is 37.5 Å². The standard InChI is InChI=1S/C22H22N6/c1-15-3-2-4-20(26-15)22-18(14-25-27-22)16-5-6-19-17(13-16)21(7-8-24-19)28-11-9-23-10-12-28/h2-8,13-14,23H,9-12H2,1H3,(H,25,27). The topological polar surface area (TPSA) is 69.7 Å². The lowest BCUT2D eigenvalue weighted by molar-refractivity contribution is 0.590. The maximum absolute atomic E-state index is 4.66. The molecule has 0 spiro atoms. The van der Waals surface area contributed by atoms with Gasteiger partial charge < -0.3 is 10.2 Å². The minimum atomic E-state index is 0.904. The molecule has 0 bridgehead atoms. The molecule has 2 N–H and O–H groups in total. The summed E-state index contributed by atoms with van der Waals surface area (Å²) >= 11 is 0. The summed E-state index contributed by atoms with van der Waals surface area (Å²) in [6.45, 7) is 6.03. The van der Waals surface area contributed by atoms with Gasteiger partial charge in [0.2, 0.25) is 0 Å². The first kappa shape index (κ1) is 16.9. The summed E-state index contributed by atoms with van der Waals surface area (Å²) in [6, 6.07) is 14.6. The van der Waals surface area contributed by atoms with E-state index in [0.717, 1.165) is 59.9 Å². The average molecular weight is 370 g/mol. The fourth-order valence-electron chi connectivity index (χ4n) is 3.86. The second-order valence-electron chi connectivity index (χ2n) is 7.12. The van der Waals surface area contributed by atoms with Gasteiger partial charge in [-0.25, -0.2) is 0 Å². The van der Waals surface area contributed by atoms with E-state index in [9.17, 15) is 0 Å². The first-order valence-electron chi connectivity index (χ1n) is 9.62. The molecule has 0 aliphatic carbocycles. The zero-order chi connectivity index (χ0) is 18.9. The highest BCUT2D eigenvalue weighted by Crippen LogP contribution is 2.34. The smallest absolute Gasteiger partial charge is 0.0912 e. The number of hydrogen-bond acceptors (Lipinski definition) is 5. The molecule has 1 aliphatic heterocycles. The third kappa shape index (κ3) is 3.01. The Balaban J connectivity index is 1.62. The number of fused-ring (bicyclic) bond motifs is 1. The van der Waals surface area contributed by atoms with Crippen LogP contribution < -0.4 is 10.2 Å². The molecule has 0 unspecified atom stereocenters. The van der Waals surface area contributed by atoms with Crippen LogP contribution in [0.4, 0.5) is 5.69 Å². The van der Waals surface area contributed by atoms with Crippen LogP contribution >= 0.6 is 0 Å². The minimum Gasteiger partial charge on any atom is -0.368 e. The molecule has 6 heteroatoms. The van der Waals surface area contributed by atoms with E-state index >= 15 is 0 Å². The molecule has 1 saturated heterocycles. The number of aromatic amines is 1. The molecule has 4 aromatic rings. The van der Waals surface area contributed by atoms with Gasteiger partial charge in [-0.1, -0.05) is 12.1 Å². The second-order valence-corrected chi connectivity index (χ2v) is 7.12. The van der Waals surface area contributed by atoms with Gasteiger partial charge in [-0.05, 0) is 42.8 Å². The highest BCUT2D eigenvalue weighted by Gasteiger charge is 2.16. The number of nitrogens with one attached hydrogen (secondary N) is 2. The number of anilines is 1. The van der Waals surface area contributed by atoms with Crippen LogP contribution in [0.15, 0.2) is 54.9 Å². The lowest BCUT2D eigenvalue weighted by Crippen LogP contribution is -2.43. The summed E-state index contributed by atoms with van der Waals surface area (Å²) in [4.78, 5) is 11.7. The molecule has 28 heavy (non-hydrogen) atoms. The van der Waals surface area contributed by atoms with Gasteiger partial charge in [-0.15, -0.1) is 0 Å². The van der Waals surface area contributed by atoms with E-state index in [4.69, 9.17) is 0 Å². The van der Waals surface area contributed by atoms with Crippen molar-refractivity contribution in [3.8, 4) is 22.5 Å². The Morgan fingerprint density at radius 2 is 1.93 bits per heavy atom. The zero-order valence-electron chi connectivity index (χ0n) is 15.8. The van der Waals surface area contributed by atoms with Gasteiger partial charge in [-0.3, -0.25) is 15.1 Å². The summed E-state index contributed by atoms with van der Waals surface area (Å²) in [5.41, 5.74) is 7.25. The maximum atomic E-state index is 4.66. The first-order valence-corrected chi connectivity index (χ1v) is 9.62. The highest BCUT2D eigenvalue weighted by atomic mass is 15.2. The van der Waals surface area contributed by atoms with Gasteiger partial charge in [0.05, 0.1) is 23.1 Å². The lowest BCUT2D eigenvalue weighted by Gasteiger charge is -2.30. The van der Waals surface area contributed by atoms with Crippen LogP contribution in [0.3, 0.4) is 0 Å². The van der Waals surface area contributed by atoms with Crippen molar-refractivity contribution in [2.75, 3.05) is 31.1 Å². The number of nitrogens with zero attached hydrogens (tertiary/aromatic N) is 4. The minimum absolute atomic E-state index is 0.904. The molecule has 3 aromatic heterocycles. The van der Waals surface area contributed by atoms with E-state index < -0.39 is 0 Å². The quantitative estimate of drug-likeness (QED) is 0.578. The predicted octanol–water partition coefficient (Wildman–Crippen LogP) is 3.40. The van der Waals surface area contributed by atoms with Gasteiger partial charge in [0, 0.05) is 54.7 Å². The summed E-state index contributed by atoms with van der Waals surface area (Å²) < 4.78 is 0. The van der Waals surface area contributed by atoms with Gasteiger partial charge in [0.15, 0.2) is 0 Å². The van der Waals surface area contributed by atoms with Crippen LogP contribution in [0.1, 0.15) is 5.69 Å². The van der Waals surface area contributed by atoms with Crippen LogP contribution in [0, 0.1) is 6.92 Å². The van der Waals surface area contributed by atoms with Crippen molar-refractivity contribution in [3.05, 3.63) is 60.6 Å². The molecule has 6 nitrogen and oxygen atoms in total. The van der Waals surface area contributed by atoms with E-state index in [2.05, 4.69) is 54.6 Å². The highest BCUT2D eigenvalue weighted by molar-refractivity contribution is 5.96. The normalized spacial score (nSPS) is 14.5. The molecule has 0 atom stereocenters. The Kier molecular flexibility index (Phi) is 4.25. The SMILES string of the molecule is Cc1cccc(-c2[nH]ncc2-c2ccc3nccc(N4CCNCC4)c3c2)n1. The fourth-order valence-corrected chi connectivity index (χ4v) is 3.86. The number of hydrogen-bond donors (Lipinski definition) is 2. The summed E-state index contributed by atoms with van der Waals surface area (Å²) in [5, 5.41) is 12.0. The Bertz CT molecular complexity index is 1130. The van der Waals surface area contributed by atoms with Crippen molar-refractivity contribution in [2.24, 2.45) is 0 Å². The van der Waals surface area contributed by atoms with Crippen molar-refractivity contribution in [1.29, 1.82) is 0 Å². The molecule has 1 aromatic carbocycles. The van der Waals surface area contributed by atoms with Crippen LogP contribution in [0.25, 0.3) is 33.4 Å². The maximum Gasteiger partial charge on any atom is 0.0912 e. The number of pyridine rings is 2. The van der Waals surface area contributed by atoms with Crippen molar-refractivity contribution >= 4 is 16.6 Å². The van der Waals surface area contributed by atoms with E-state index in [1.165, 1.54) is 11.1 Å². The summed E-state index contributed by atoms with van der Waals surface area (Å²) in [5.74, 6) is 0. The molecule has 0 amide bonds. The summed E-state index contributed by atoms with van der Waals surface area (Å²) in [7, 11) is 0. The monoisotopic (exact) mass is 370 g/mol. The molecule has 140 valence electrons. The number of aromatic nitrogens is 4. The Labute approximate surface area is 163 Å². The van der Waals surface area contributed by atoms with Gasteiger partial charge >= 0.3 is 0 Å².